The third-order valence-corrected chi connectivity index (χ3v) is 6.30. The van der Waals surface area contributed by atoms with Gasteiger partial charge in [0, 0.05) is 23.7 Å². The molecule has 2 N–H and O–H groups in total. The summed E-state index contributed by atoms with van der Waals surface area (Å²) < 4.78 is 0. The number of hydrogen-bond acceptors (Lipinski definition) is 2. The molecule has 0 spiro atoms. The van der Waals surface area contributed by atoms with Crippen molar-refractivity contribution in [2.24, 2.45) is 0 Å². The number of nitrogens with zero attached hydrogens (tertiary/aromatic N) is 1. The van der Waals surface area contributed by atoms with Gasteiger partial charge in [0.05, 0.1) is 6.54 Å². The monoisotopic (exact) mass is 417 g/mol. The van der Waals surface area contributed by atoms with Gasteiger partial charge in [-0.05, 0) is 54.0 Å². The maximum absolute atomic E-state index is 13.2. The van der Waals surface area contributed by atoms with Crippen molar-refractivity contribution in [2.75, 3.05) is 0 Å². The first-order chi connectivity index (χ1) is 15.1. The van der Waals surface area contributed by atoms with Crippen molar-refractivity contribution >= 4 is 16.9 Å². The van der Waals surface area contributed by atoms with Crippen molar-refractivity contribution in [2.45, 2.75) is 64.6 Å². The molecule has 0 radical (unpaired) electrons. The minimum absolute atomic E-state index is 0.0995. The normalized spacial score (nSPS) is 14.5. The molecule has 0 unspecified atom stereocenters. The number of urea groups is 1. The molecule has 1 fully saturated rings. The second-order valence-electron chi connectivity index (χ2n) is 8.46. The fourth-order valence-corrected chi connectivity index (χ4v) is 4.46. The molecule has 2 amide bonds. The Labute approximate surface area is 183 Å². The van der Waals surface area contributed by atoms with Crippen LogP contribution < -0.4 is 10.9 Å². The number of nitrogens with one attached hydrogen (secondary N) is 2. The lowest BCUT2D eigenvalue weighted by atomic mass is 9.94. The highest BCUT2D eigenvalue weighted by atomic mass is 16.2. The Morgan fingerprint density at radius 3 is 2.55 bits per heavy atom. The van der Waals surface area contributed by atoms with Crippen LogP contribution in [-0.2, 0) is 19.5 Å². The third kappa shape index (κ3) is 5.16. The molecule has 1 saturated carbocycles. The molecular formula is C26H31N3O2. The molecule has 0 bridgehead atoms. The van der Waals surface area contributed by atoms with Crippen LogP contribution in [0.25, 0.3) is 10.9 Å². The molecule has 1 aliphatic carbocycles. The Morgan fingerprint density at radius 2 is 1.81 bits per heavy atom. The molecule has 31 heavy (non-hydrogen) atoms. The van der Waals surface area contributed by atoms with Crippen LogP contribution >= 0.6 is 0 Å². The Bertz CT molecular complexity index is 1080. The fraction of sp³-hybridized carbons (Fsp3) is 0.385. The van der Waals surface area contributed by atoms with Crippen molar-refractivity contribution in [1.82, 2.24) is 15.2 Å². The maximum atomic E-state index is 13.2. The number of aromatic amines is 1. The van der Waals surface area contributed by atoms with E-state index in [0.717, 1.165) is 48.6 Å². The summed E-state index contributed by atoms with van der Waals surface area (Å²) in [5.74, 6) is 0. The minimum atomic E-state index is -0.117. The lowest BCUT2D eigenvalue weighted by Gasteiger charge is -2.34. The van der Waals surface area contributed by atoms with Crippen LogP contribution in [0.15, 0.2) is 59.4 Å². The van der Waals surface area contributed by atoms with Crippen LogP contribution in [0.5, 0.6) is 0 Å². The van der Waals surface area contributed by atoms with Gasteiger partial charge in [0.15, 0.2) is 0 Å². The van der Waals surface area contributed by atoms with E-state index in [1.807, 2.05) is 53.4 Å². The zero-order valence-corrected chi connectivity index (χ0v) is 18.2. The number of aryl methyl sites for hydroxylation is 1. The maximum Gasteiger partial charge on any atom is 0.318 e. The number of rotatable bonds is 6. The zero-order chi connectivity index (χ0) is 21.6. The number of carbonyl (C=O) groups excluding carboxylic acids is 1. The van der Waals surface area contributed by atoms with Crippen LogP contribution in [0.4, 0.5) is 4.79 Å². The molecule has 2 aromatic carbocycles. The highest BCUT2D eigenvalue weighted by Gasteiger charge is 2.26. The lowest BCUT2D eigenvalue weighted by Crippen LogP contribution is -2.47. The first kappa shape index (κ1) is 21.2. The SMILES string of the molecule is CCc1ccc2[nH]c(=O)c(CN(C(=O)NCc3ccccc3)C3CCCCC3)cc2c1. The fourth-order valence-electron chi connectivity index (χ4n) is 4.46. The number of amides is 2. The van der Waals surface area contributed by atoms with E-state index in [-0.39, 0.29) is 17.6 Å². The van der Waals surface area contributed by atoms with Gasteiger partial charge in [-0.2, -0.15) is 0 Å². The largest absolute Gasteiger partial charge is 0.334 e. The van der Waals surface area contributed by atoms with E-state index < -0.39 is 0 Å². The van der Waals surface area contributed by atoms with E-state index in [9.17, 15) is 9.59 Å². The molecule has 1 aliphatic rings. The van der Waals surface area contributed by atoms with Crippen LogP contribution in [0.1, 0.15) is 55.7 Å². The quantitative estimate of drug-likeness (QED) is 0.584. The van der Waals surface area contributed by atoms with Crippen molar-refractivity contribution in [3.05, 3.63) is 81.6 Å². The Balaban J connectivity index is 1.58. The summed E-state index contributed by atoms with van der Waals surface area (Å²) in [6.07, 6.45) is 6.39. The molecule has 4 rings (SSSR count). The summed E-state index contributed by atoms with van der Waals surface area (Å²) in [5.41, 5.74) is 3.66. The molecule has 0 atom stereocenters. The van der Waals surface area contributed by atoms with Crippen LogP contribution in [0.3, 0.4) is 0 Å². The van der Waals surface area contributed by atoms with Gasteiger partial charge in [-0.15, -0.1) is 0 Å². The van der Waals surface area contributed by atoms with Crippen LogP contribution in [0.2, 0.25) is 0 Å². The van der Waals surface area contributed by atoms with E-state index in [4.69, 9.17) is 0 Å². The van der Waals surface area contributed by atoms with E-state index in [1.165, 1.54) is 12.0 Å². The van der Waals surface area contributed by atoms with Crippen LogP contribution in [-0.4, -0.2) is 22.0 Å². The van der Waals surface area contributed by atoms with Crippen molar-refractivity contribution < 1.29 is 4.79 Å². The molecule has 5 nitrogen and oxygen atoms in total. The average Bonchev–Trinajstić information content (AvgIpc) is 2.82. The number of carbonyl (C=O) groups is 1. The predicted molar refractivity (Wildman–Crippen MR) is 125 cm³/mol. The molecule has 5 heteroatoms. The van der Waals surface area contributed by atoms with Gasteiger partial charge in [-0.3, -0.25) is 4.79 Å². The number of pyridine rings is 1. The van der Waals surface area contributed by atoms with Gasteiger partial charge in [0.2, 0.25) is 0 Å². The summed E-state index contributed by atoms with van der Waals surface area (Å²) in [5, 5.41) is 4.08. The minimum Gasteiger partial charge on any atom is -0.334 e. The third-order valence-electron chi connectivity index (χ3n) is 6.30. The standard InChI is InChI=1S/C26H31N3O2/c1-2-19-13-14-24-21(15-19)16-22(25(30)28-24)18-29(23-11-7-4-8-12-23)26(31)27-17-20-9-5-3-6-10-20/h3,5-6,9-10,13-16,23H,2,4,7-8,11-12,17-18H2,1H3,(H,27,31)(H,28,30). The second-order valence-corrected chi connectivity index (χ2v) is 8.46. The molecule has 0 saturated heterocycles. The number of hydrogen-bond donors (Lipinski definition) is 2. The van der Waals surface area contributed by atoms with Gasteiger partial charge in [-0.1, -0.05) is 62.6 Å². The van der Waals surface area contributed by atoms with Crippen molar-refractivity contribution in [3.8, 4) is 0 Å². The molecule has 1 heterocycles. The molecule has 0 aliphatic heterocycles. The van der Waals surface area contributed by atoms with Gasteiger partial charge in [0.1, 0.15) is 0 Å². The molecule has 162 valence electrons. The zero-order valence-electron chi connectivity index (χ0n) is 18.2. The summed E-state index contributed by atoms with van der Waals surface area (Å²) in [6.45, 7) is 2.93. The number of H-pyrrole nitrogens is 1. The second kappa shape index (κ2) is 9.82. The topological polar surface area (TPSA) is 65.2 Å². The van der Waals surface area contributed by atoms with E-state index in [2.05, 4.69) is 23.3 Å². The first-order valence-corrected chi connectivity index (χ1v) is 11.4. The van der Waals surface area contributed by atoms with Gasteiger partial charge in [-0.25, -0.2) is 4.79 Å². The summed E-state index contributed by atoms with van der Waals surface area (Å²) in [6, 6.07) is 18.1. The summed E-state index contributed by atoms with van der Waals surface area (Å²) >= 11 is 0. The van der Waals surface area contributed by atoms with Crippen molar-refractivity contribution in [1.29, 1.82) is 0 Å². The molecule has 3 aromatic rings. The van der Waals surface area contributed by atoms with E-state index in [1.54, 1.807) is 0 Å². The van der Waals surface area contributed by atoms with Crippen molar-refractivity contribution in [3.63, 3.8) is 0 Å². The van der Waals surface area contributed by atoms with Gasteiger partial charge >= 0.3 is 6.03 Å². The number of aromatic nitrogens is 1. The molecule has 1 aromatic heterocycles. The van der Waals surface area contributed by atoms with Gasteiger partial charge in [0.25, 0.3) is 5.56 Å². The highest BCUT2D eigenvalue weighted by molar-refractivity contribution is 5.80. The summed E-state index contributed by atoms with van der Waals surface area (Å²) in [7, 11) is 0. The Morgan fingerprint density at radius 1 is 1.03 bits per heavy atom. The number of fused-ring (bicyclic) bond motifs is 1. The average molecular weight is 418 g/mol. The van der Waals surface area contributed by atoms with Gasteiger partial charge < -0.3 is 15.2 Å². The highest BCUT2D eigenvalue weighted by Crippen LogP contribution is 2.24. The predicted octanol–water partition coefficient (Wildman–Crippen LogP) is 5.14. The smallest absolute Gasteiger partial charge is 0.318 e. The summed E-state index contributed by atoms with van der Waals surface area (Å²) in [4.78, 5) is 30.9. The lowest BCUT2D eigenvalue weighted by molar-refractivity contribution is 0.150. The van der Waals surface area contributed by atoms with E-state index in [0.29, 0.717) is 18.7 Å². The number of benzene rings is 2. The first-order valence-electron chi connectivity index (χ1n) is 11.4. The van der Waals surface area contributed by atoms with Crippen LogP contribution in [0, 0.1) is 0 Å². The van der Waals surface area contributed by atoms with E-state index >= 15 is 0 Å². The molecular weight excluding hydrogens is 386 g/mol. The Hall–Kier alpha value is -3.08. The Kier molecular flexibility index (Phi) is 6.70.